The Morgan fingerprint density at radius 1 is 0.917 bits per heavy atom. The summed E-state index contributed by atoms with van der Waals surface area (Å²) < 4.78 is 0. The second-order valence-electron chi connectivity index (χ2n) is 3.51. The standard InChI is InChI=1S/C10H16N2/c1-6(2)10-7(3)11-9(5)12-8(10)4/h6H,1-5H3. The van der Waals surface area contributed by atoms with Gasteiger partial charge in [0.25, 0.3) is 0 Å². The first-order valence-electron chi connectivity index (χ1n) is 4.34. The van der Waals surface area contributed by atoms with Crippen LogP contribution in [0.1, 0.15) is 42.5 Å². The first-order valence-corrected chi connectivity index (χ1v) is 4.34. The van der Waals surface area contributed by atoms with Crippen LogP contribution in [0.4, 0.5) is 0 Å². The van der Waals surface area contributed by atoms with E-state index in [4.69, 9.17) is 0 Å². The van der Waals surface area contributed by atoms with E-state index >= 15 is 0 Å². The Balaban J connectivity index is 3.28. The van der Waals surface area contributed by atoms with Crippen LogP contribution >= 0.6 is 0 Å². The van der Waals surface area contributed by atoms with Gasteiger partial charge < -0.3 is 0 Å². The lowest BCUT2D eigenvalue weighted by molar-refractivity contribution is 0.800. The van der Waals surface area contributed by atoms with Gasteiger partial charge in [-0.3, -0.25) is 0 Å². The SMILES string of the molecule is Cc1nc(C)c(C(C)C)c(C)n1. The summed E-state index contributed by atoms with van der Waals surface area (Å²) in [7, 11) is 0. The van der Waals surface area contributed by atoms with Crippen molar-refractivity contribution >= 4 is 0 Å². The molecule has 0 radical (unpaired) electrons. The molecule has 0 amide bonds. The van der Waals surface area contributed by atoms with Crippen molar-refractivity contribution in [2.75, 3.05) is 0 Å². The Morgan fingerprint density at radius 3 is 1.67 bits per heavy atom. The van der Waals surface area contributed by atoms with Gasteiger partial charge in [-0.2, -0.15) is 0 Å². The minimum atomic E-state index is 0.519. The van der Waals surface area contributed by atoms with Crippen molar-refractivity contribution < 1.29 is 0 Å². The average Bonchev–Trinajstić information content (AvgIpc) is 1.82. The van der Waals surface area contributed by atoms with Crippen molar-refractivity contribution in [2.24, 2.45) is 0 Å². The molecule has 0 spiro atoms. The van der Waals surface area contributed by atoms with Crippen LogP contribution in [0, 0.1) is 20.8 Å². The van der Waals surface area contributed by atoms with Crippen LogP contribution in [0.2, 0.25) is 0 Å². The molecule has 1 aromatic heterocycles. The largest absolute Gasteiger partial charge is 0.238 e. The van der Waals surface area contributed by atoms with Crippen LogP contribution in [0.15, 0.2) is 0 Å². The quantitative estimate of drug-likeness (QED) is 0.637. The van der Waals surface area contributed by atoms with Crippen molar-refractivity contribution in [3.8, 4) is 0 Å². The summed E-state index contributed by atoms with van der Waals surface area (Å²) >= 11 is 0. The van der Waals surface area contributed by atoms with Gasteiger partial charge in [0.05, 0.1) is 0 Å². The number of rotatable bonds is 1. The van der Waals surface area contributed by atoms with Crippen LogP contribution in [0.3, 0.4) is 0 Å². The fraction of sp³-hybridized carbons (Fsp3) is 0.600. The molecule has 12 heavy (non-hydrogen) atoms. The fourth-order valence-electron chi connectivity index (χ4n) is 1.73. The Bertz CT molecular complexity index is 267. The summed E-state index contributed by atoms with van der Waals surface area (Å²) in [5.74, 6) is 1.39. The molecule has 0 saturated heterocycles. The maximum absolute atomic E-state index is 4.34. The minimum absolute atomic E-state index is 0.519. The molecule has 0 bridgehead atoms. The number of nitrogens with zero attached hydrogens (tertiary/aromatic N) is 2. The molecule has 66 valence electrons. The molecule has 2 heteroatoms. The summed E-state index contributed by atoms with van der Waals surface area (Å²) in [6.45, 7) is 10.4. The number of hydrogen-bond acceptors (Lipinski definition) is 2. The lowest BCUT2D eigenvalue weighted by Crippen LogP contribution is -2.03. The highest BCUT2D eigenvalue weighted by molar-refractivity contribution is 5.27. The molecule has 1 heterocycles. The topological polar surface area (TPSA) is 25.8 Å². The van der Waals surface area contributed by atoms with Gasteiger partial charge in [-0.15, -0.1) is 0 Å². The first-order chi connectivity index (χ1) is 5.52. The Labute approximate surface area is 74.1 Å². The lowest BCUT2D eigenvalue weighted by Gasteiger charge is -2.11. The zero-order valence-electron chi connectivity index (χ0n) is 8.47. The zero-order chi connectivity index (χ0) is 9.30. The summed E-state index contributed by atoms with van der Waals surface area (Å²) in [5.41, 5.74) is 3.53. The van der Waals surface area contributed by atoms with Gasteiger partial charge in [0.1, 0.15) is 5.82 Å². The van der Waals surface area contributed by atoms with Gasteiger partial charge in [0.15, 0.2) is 0 Å². The molecule has 0 atom stereocenters. The summed E-state index contributed by atoms with van der Waals surface area (Å²) in [4.78, 5) is 8.69. The third-order valence-electron chi connectivity index (χ3n) is 2.02. The van der Waals surface area contributed by atoms with Gasteiger partial charge in [-0.05, 0) is 32.3 Å². The highest BCUT2D eigenvalue weighted by atomic mass is 14.9. The van der Waals surface area contributed by atoms with E-state index < -0.39 is 0 Å². The highest BCUT2D eigenvalue weighted by Gasteiger charge is 2.09. The minimum Gasteiger partial charge on any atom is -0.238 e. The van der Waals surface area contributed by atoms with E-state index in [2.05, 4.69) is 37.7 Å². The van der Waals surface area contributed by atoms with Crippen molar-refractivity contribution in [1.29, 1.82) is 0 Å². The van der Waals surface area contributed by atoms with E-state index in [1.54, 1.807) is 0 Å². The molecule has 2 nitrogen and oxygen atoms in total. The predicted octanol–water partition coefficient (Wildman–Crippen LogP) is 2.53. The average molecular weight is 164 g/mol. The summed E-state index contributed by atoms with van der Waals surface area (Å²) in [6, 6.07) is 0. The first kappa shape index (κ1) is 9.17. The maximum atomic E-state index is 4.34. The molecule has 0 aromatic carbocycles. The van der Waals surface area contributed by atoms with Crippen LogP contribution in [-0.4, -0.2) is 9.97 Å². The molecule has 0 saturated carbocycles. The number of aryl methyl sites for hydroxylation is 3. The molecule has 1 rings (SSSR count). The van der Waals surface area contributed by atoms with E-state index in [1.165, 1.54) is 5.56 Å². The van der Waals surface area contributed by atoms with Gasteiger partial charge >= 0.3 is 0 Å². The second kappa shape index (κ2) is 3.21. The maximum Gasteiger partial charge on any atom is 0.125 e. The van der Waals surface area contributed by atoms with E-state index in [9.17, 15) is 0 Å². The Kier molecular flexibility index (Phi) is 2.46. The van der Waals surface area contributed by atoms with E-state index in [0.29, 0.717) is 5.92 Å². The predicted molar refractivity (Wildman–Crippen MR) is 50.3 cm³/mol. The molecular formula is C10H16N2. The van der Waals surface area contributed by atoms with Crippen LogP contribution in [0.5, 0.6) is 0 Å². The molecule has 0 N–H and O–H groups in total. The van der Waals surface area contributed by atoms with E-state index in [-0.39, 0.29) is 0 Å². The van der Waals surface area contributed by atoms with Crippen molar-refractivity contribution in [3.63, 3.8) is 0 Å². The van der Waals surface area contributed by atoms with Gasteiger partial charge in [0, 0.05) is 11.4 Å². The molecule has 1 aromatic rings. The molecule has 0 aliphatic carbocycles. The molecule has 0 unspecified atom stereocenters. The smallest absolute Gasteiger partial charge is 0.125 e. The monoisotopic (exact) mass is 164 g/mol. The molecular weight excluding hydrogens is 148 g/mol. The summed E-state index contributed by atoms with van der Waals surface area (Å²) in [6.07, 6.45) is 0. The number of aromatic nitrogens is 2. The zero-order valence-corrected chi connectivity index (χ0v) is 8.47. The van der Waals surface area contributed by atoms with Crippen molar-refractivity contribution in [3.05, 3.63) is 22.8 Å². The second-order valence-corrected chi connectivity index (χ2v) is 3.51. The third-order valence-corrected chi connectivity index (χ3v) is 2.02. The van der Waals surface area contributed by atoms with E-state index in [1.807, 2.05) is 6.92 Å². The van der Waals surface area contributed by atoms with Gasteiger partial charge in [-0.1, -0.05) is 13.8 Å². The lowest BCUT2D eigenvalue weighted by atomic mass is 10.0. The van der Waals surface area contributed by atoms with Crippen LogP contribution in [0.25, 0.3) is 0 Å². The Hall–Kier alpha value is -0.920. The molecule has 0 aliphatic rings. The highest BCUT2D eigenvalue weighted by Crippen LogP contribution is 2.19. The van der Waals surface area contributed by atoms with Crippen LogP contribution < -0.4 is 0 Å². The van der Waals surface area contributed by atoms with Crippen molar-refractivity contribution in [1.82, 2.24) is 9.97 Å². The fourth-order valence-corrected chi connectivity index (χ4v) is 1.73. The number of hydrogen-bond donors (Lipinski definition) is 0. The van der Waals surface area contributed by atoms with Crippen molar-refractivity contribution in [2.45, 2.75) is 40.5 Å². The molecule has 0 fully saturated rings. The van der Waals surface area contributed by atoms with Gasteiger partial charge in [-0.25, -0.2) is 9.97 Å². The normalized spacial score (nSPS) is 10.8. The Morgan fingerprint density at radius 2 is 1.33 bits per heavy atom. The van der Waals surface area contributed by atoms with E-state index in [0.717, 1.165) is 17.2 Å². The molecule has 0 aliphatic heterocycles. The van der Waals surface area contributed by atoms with Gasteiger partial charge in [0.2, 0.25) is 0 Å². The van der Waals surface area contributed by atoms with Crippen LogP contribution in [-0.2, 0) is 0 Å². The third kappa shape index (κ3) is 1.63. The summed E-state index contributed by atoms with van der Waals surface area (Å²) in [5, 5.41) is 0.